The summed E-state index contributed by atoms with van der Waals surface area (Å²) in [6, 6.07) is 2.14. The molecular weight excluding hydrogens is 202 g/mol. The van der Waals surface area contributed by atoms with Crippen LogP contribution in [0.4, 0.5) is 8.78 Å². The van der Waals surface area contributed by atoms with Crippen molar-refractivity contribution < 1.29 is 23.4 Å². The molecule has 1 rings (SSSR count). The minimum Gasteiger partial charge on any atom is -0.220 e. The highest BCUT2D eigenvalue weighted by Crippen LogP contribution is 2.23. The molecule has 0 unspecified atom stereocenters. The average molecular weight is 208 g/mol. The Kier molecular flexibility index (Phi) is 3.61. The molecule has 0 spiro atoms. The van der Waals surface area contributed by atoms with E-state index in [1.807, 2.05) is 0 Å². The maximum atomic E-state index is 12.9. The summed E-state index contributed by atoms with van der Waals surface area (Å²) < 4.78 is 29.7. The van der Waals surface area contributed by atoms with Gasteiger partial charge < -0.3 is 0 Å². The van der Waals surface area contributed by atoms with Gasteiger partial charge in [-0.2, -0.15) is 0 Å². The lowest BCUT2D eigenvalue weighted by Gasteiger charge is -2.01. The lowest BCUT2D eigenvalue weighted by atomic mass is 10.2. The van der Waals surface area contributed by atoms with E-state index in [2.05, 4.69) is 9.37 Å². The molecule has 0 aliphatic rings. The minimum absolute atomic E-state index is 0.0609. The first-order valence-corrected chi connectivity index (χ1v) is 3.99. The van der Waals surface area contributed by atoms with E-state index in [-0.39, 0.29) is 10.5 Å². The van der Waals surface area contributed by atoms with Crippen molar-refractivity contribution in [3.63, 3.8) is 0 Å². The second-order valence-electron chi connectivity index (χ2n) is 2.24. The average Bonchev–Trinajstić information content (AvgIpc) is 2.10. The Morgan fingerprint density at radius 2 is 1.85 bits per heavy atom. The van der Waals surface area contributed by atoms with Crippen LogP contribution in [0.5, 0.6) is 0 Å². The molecule has 1 aromatic rings. The zero-order chi connectivity index (χ0) is 9.84. The van der Waals surface area contributed by atoms with Gasteiger partial charge in [0.05, 0.1) is 12.0 Å². The summed E-state index contributed by atoms with van der Waals surface area (Å²) in [7, 11) is 0. The molecule has 3 nitrogen and oxygen atoms in total. The smallest absolute Gasteiger partial charge is 0.130 e. The molecule has 0 saturated carbocycles. The van der Waals surface area contributed by atoms with E-state index in [9.17, 15) is 8.78 Å². The van der Waals surface area contributed by atoms with Crippen LogP contribution in [0, 0.1) is 18.6 Å². The first-order chi connectivity index (χ1) is 6.15. The van der Waals surface area contributed by atoms with Crippen LogP contribution in [-0.2, 0) is 9.37 Å². The number of halogens is 2. The van der Waals surface area contributed by atoms with Crippen molar-refractivity contribution in [1.82, 2.24) is 0 Å². The normalized spacial score (nSPS) is 10.5. The highest BCUT2D eigenvalue weighted by Gasteiger charge is 2.07. The van der Waals surface area contributed by atoms with Crippen LogP contribution in [0.3, 0.4) is 0 Å². The molecule has 0 heterocycles. The van der Waals surface area contributed by atoms with Crippen LogP contribution in [-0.4, -0.2) is 5.26 Å². The van der Waals surface area contributed by atoms with Gasteiger partial charge in [0.1, 0.15) is 11.6 Å². The van der Waals surface area contributed by atoms with Gasteiger partial charge in [-0.25, -0.2) is 14.0 Å². The van der Waals surface area contributed by atoms with Crippen LogP contribution in [0.1, 0.15) is 5.56 Å². The van der Waals surface area contributed by atoms with Crippen molar-refractivity contribution in [3.8, 4) is 0 Å². The zero-order valence-electron chi connectivity index (χ0n) is 6.58. The van der Waals surface area contributed by atoms with Crippen molar-refractivity contribution in [2.24, 2.45) is 0 Å². The second kappa shape index (κ2) is 4.52. The predicted molar refractivity (Wildman–Crippen MR) is 41.8 cm³/mol. The standard InChI is InChI=1S/C7H6F2O3S/c1-4-6(8)2-5(3-7(4)9)13-12-11-10/h2-3,10H,1H3. The Morgan fingerprint density at radius 3 is 2.31 bits per heavy atom. The second-order valence-corrected chi connectivity index (χ2v) is 3.01. The summed E-state index contributed by atoms with van der Waals surface area (Å²) in [6.07, 6.45) is 0. The quantitative estimate of drug-likeness (QED) is 0.471. The molecular formula is C7H6F2O3S. The molecule has 0 saturated heterocycles. The monoisotopic (exact) mass is 208 g/mol. The van der Waals surface area contributed by atoms with Gasteiger partial charge in [-0.3, -0.25) is 0 Å². The summed E-state index contributed by atoms with van der Waals surface area (Å²) >= 11 is 0.505. The molecule has 0 aliphatic carbocycles. The third kappa shape index (κ3) is 2.63. The SMILES string of the molecule is Cc1c(F)cc(SOOO)cc1F. The van der Waals surface area contributed by atoms with E-state index in [4.69, 9.17) is 5.26 Å². The molecule has 0 amide bonds. The Hall–Kier alpha value is -0.690. The van der Waals surface area contributed by atoms with E-state index < -0.39 is 11.6 Å². The molecule has 1 aromatic carbocycles. The molecule has 0 aliphatic heterocycles. The van der Waals surface area contributed by atoms with Crippen molar-refractivity contribution in [3.05, 3.63) is 29.3 Å². The largest absolute Gasteiger partial charge is 0.220 e. The Labute approximate surface area is 77.3 Å². The van der Waals surface area contributed by atoms with Crippen LogP contribution in [0.25, 0.3) is 0 Å². The van der Waals surface area contributed by atoms with E-state index >= 15 is 0 Å². The molecule has 0 radical (unpaired) electrons. The first-order valence-electron chi connectivity index (χ1n) is 3.25. The van der Waals surface area contributed by atoms with E-state index in [0.717, 1.165) is 12.1 Å². The Morgan fingerprint density at radius 1 is 1.31 bits per heavy atom. The van der Waals surface area contributed by atoms with Gasteiger partial charge in [0.2, 0.25) is 0 Å². The number of rotatable bonds is 3. The fourth-order valence-corrected chi connectivity index (χ4v) is 1.14. The summed E-state index contributed by atoms with van der Waals surface area (Å²) in [5.74, 6) is -1.35. The molecule has 1 N–H and O–H groups in total. The van der Waals surface area contributed by atoms with Crippen molar-refractivity contribution >= 4 is 12.0 Å². The van der Waals surface area contributed by atoms with E-state index in [1.165, 1.54) is 6.92 Å². The van der Waals surface area contributed by atoms with Gasteiger partial charge in [-0.15, -0.1) is 4.33 Å². The van der Waals surface area contributed by atoms with Gasteiger partial charge >= 0.3 is 0 Å². The summed E-state index contributed by atoms with van der Waals surface area (Å²) in [5.41, 5.74) is -0.0609. The van der Waals surface area contributed by atoms with Crippen molar-refractivity contribution in [2.75, 3.05) is 0 Å². The van der Waals surface area contributed by atoms with Gasteiger partial charge in [-0.1, -0.05) is 5.04 Å². The third-order valence-electron chi connectivity index (χ3n) is 1.42. The van der Waals surface area contributed by atoms with Crippen LogP contribution < -0.4 is 0 Å². The van der Waals surface area contributed by atoms with Gasteiger partial charge in [0, 0.05) is 10.5 Å². The fraction of sp³-hybridized carbons (Fsp3) is 0.143. The van der Waals surface area contributed by atoms with Crippen LogP contribution >= 0.6 is 12.0 Å². The zero-order valence-corrected chi connectivity index (χ0v) is 7.40. The van der Waals surface area contributed by atoms with Gasteiger partial charge in [0.25, 0.3) is 0 Å². The fourth-order valence-electron chi connectivity index (χ4n) is 0.725. The van der Waals surface area contributed by atoms with Crippen LogP contribution in [0.15, 0.2) is 17.0 Å². The maximum absolute atomic E-state index is 12.9. The Balaban J connectivity index is 2.86. The lowest BCUT2D eigenvalue weighted by Crippen LogP contribution is -1.89. The highest BCUT2D eigenvalue weighted by atomic mass is 32.2. The summed E-state index contributed by atoms with van der Waals surface area (Å²) in [4.78, 5) is 0.162. The molecule has 72 valence electrons. The minimum atomic E-state index is -0.677. The van der Waals surface area contributed by atoms with Crippen molar-refractivity contribution in [1.29, 1.82) is 0 Å². The molecule has 0 atom stereocenters. The molecule has 0 aromatic heterocycles. The third-order valence-corrected chi connectivity index (χ3v) is 1.97. The van der Waals surface area contributed by atoms with Gasteiger partial charge in [-0.05, 0) is 19.1 Å². The van der Waals surface area contributed by atoms with E-state index in [0.29, 0.717) is 12.0 Å². The summed E-state index contributed by atoms with van der Waals surface area (Å²) in [6.45, 7) is 1.32. The van der Waals surface area contributed by atoms with Crippen molar-refractivity contribution in [2.45, 2.75) is 11.8 Å². The number of benzene rings is 1. The Bertz CT molecular complexity index is 283. The predicted octanol–water partition coefficient (Wildman–Crippen LogP) is 2.70. The van der Waals surface area contributed by atoms with Crippen LogP contribution in [0.2, 0.25) is 0 Å². The summed E-state index contributed by atoms with van der Waals surface area (Å²) in [5, 5.41) is 11.1. The molecule has 0 fully saturated rings. The van der Waals surface area contributed by atoms with Gasteiger partial charge in [0.15, 0.2) is 0 Å². The molecule has 0 bridgehead atoms. The molecule has 13 heavy (non-hydrogen) atoms. The topological polar surface area (TPSA) is 38.7 Å². The molecule has 6 heteroatoms. The highest BCUT2D eigenvalue weighted by molar-refractivity contribution is 7.94. The maximum Gasteiger partial charge on any atom is 0.130 e. The lowest BCUT2D eigenvalue weighted by molar-refractivity contribution is -0.432. The first kappa shape index (κ1) is 10.4. The van der Waals surface area contributed by atoms with E-state index in [1.54, 1.807) is 0 Å². The number of hydrogen-bond donors (Lipinski definition) is 1. The number of hydrogen-bond acceptors (Lipinski definition) is 4.